The van der Waals surface area contributed by atoms with E-state index in [-0.39, 0.29) is 5.82 Å². The van der Waals surface area contributed by atoms with E-state index in [1.54, 1.807) is 18.2 Å². The van der Waals surface area contributed by atoms with Crippen LogP contribution in [-0.2, 0) is 6.54 Å². The van der Waals surface area contributed by atoms with Crippen molar-refractivity contribution in [1.29, 1.82) is 5.26 Å². The van der Waals surface area contributed by atoms with Crippen molar-refractivity contribution in [3.05, 3.63) is 53.7 Å². The first-order valence-electron chi connectivity index (χ1n) is 5.37. The summed E-state index contributed by atoms with van der Waals surface area (Å²) in [6.07, 6.45) is 1.36. The second kappa shape index (κ2) is 5.23. The molecule has 18 heavy (non-hydrogen) atoms. The van der Waals surface area contributed by atoms with Crippen LogP contribution in [0.5, 0.6) is 0 Å². The number of rotatable bonds is 3. The summed E-state index contributed by atoms with van der Waals surface area (Å²) in [4.78, 5) is 9.77. The van der Waals surface area contributed by atoms with Gasteiger partial charge >= 0.3 is 0 Å². The van der Waals surface area contributed by atoms with Gasteiger partial charge in [0, 0.05) is 19.7 Å². The summed E-state index contributed by atoms with van der Waals surface area (Å²) in [5, 5.41) is 8.76. The Morgan fingerprint density at radius 2 is 2.00 bits per heavy atom. The first-order chi connectivity index (χ1) is 8.69. The van der Waals surface area contributed by atoms with Crippen molar-refractivity contribution in [3.63, 3.8) is 0 Å². The molecule has 90 valence electrons. The van der Waals surface area contributed by atoms with Crippen molar-refractivity contribution in [3.8, 4) is 6.07 Å². The maximum atomic E-state index is 12.8. The van der Waals surface area contributed by atoms with E-state index in [2.05, 4.69) is 9.97 Å². The van der Waals surface area contributed by atoms with E-state index in [4.69, 9.17) is 5.26 Å². The molecule has 0 bridgehead atoms. The van der Waals surface area contributed by atoms with Crippen LogP contribution in [0.1, 0.15) is 11.3 Å². The molecule has 0 aliphatic heterocycles. The fraction of sp³-hybridized carbons (Fsp3) is 0.154. The minimum absolute atomic E-state index is 0.254. The lowest BCUT2D eigenvalue weighted by Gasteiger charge is -2.17. The molecule has 0 saturated carbocycles. The first kappa shape index (κ1) is 12.0. The van der Waals surface area contributed by atoms with Crippen molar-refractivity contribution in [2.75, 3.05) is 11.9 Å². The van der Waals surface area contributed by atoms with Crippen molar-refractivity contribution < 1.29 is 4.39 Å². The molecule has 0 saturated heterocycles. The molecule has 5 heteroatoms. The zero-order valence-electron chi connectivity index (χ0n) is 9.84. The van der Waals surface area contributed by atoms with Gasteiger partial charge in [0.05, 0.1) is 0 Å². The molecule has 0 unspecified atom stereocenters. The van der Waals surface area contributed by atoms with Crippen molar-refractivity contribution in [1.82, 2.24) is 9.97 Å². The van der Waals surface area contributed by atoms with Crippen LogP contribution in [0.4, 0.5) is 10.2 Å². The molecular formula is C13H11FN4. The molecule has 1 heterocycles. The number of hydrogen-bond donors (Lipinski definition) is 0. The largest absolute Gasteiger partial charge is 0.355 e. The van der Waals surface area contributed by atoms with E-state index in [0.717, 1.165) is 5.56 Å². The van der Waals surface area contributed by atoms with Crippen LogP contribution in [0, 0.1) is 17.1 Å². The summed E-state index contributed by atoms with van der Waals surface area (Å²) >= 11 is 0. The molecule has 1 aromatic carbocycles. The summed E-state index contributed by atoms with van der Waals surface area (Å²) in [7, 11) is 1.85. The van der Waals surface area contributed by atoms with Crippen LogP contribution in [0.15, 0.2) is 36.7 Å². The van der Waals surface area contributed by atoms with E-state index in [1.165, 1.54) is 18.5 Å². The minimum Gasteiger partial charge on any atom is -0.355 e. The summed E-state index contributed by atoms with van der Waals surface area (Å²) in [6.45, 7) is 0.585. The second-order valence-electron chi connectivity index (χ2n) is 3.86. The fourth-order valence-corrected chi connectivity index (χ4v) is 1.56. The lowest BCUT2D eigenvalue weighted by Crippen LogP contribution is -2.17. The van der Waals surface area contributed by atoms with Gasteiger partial charge in [-0.15, -0.1) is 0 Å². The Hall–Kier alpha value is -2.48. The Bertz CT molecular complexity index is 574. The molecule has 4 nitrogen and oxygen atoms in total. The molecule has 0 amide bonds. The van der Waals surface area contributed by atoms with E-state index < -0.39 is 0 Å². The topological polar surface area (TPSA) is 52.8 Å². The van der Waals surface area contributed by atoms with E-state index >= 15 is 0 Å². The fourth-order valence-electron chi connectivity index (χ4n) is 1.56. The average Bonchev–Trinajstić information content (AvgIpc) is 2.41. The standard InChI is InChI=1S/C13H11FN4/c1-18(8-10-2-4-11(14)5-3-10)13-6-12(7-15)16-9-17-13/h2-6,9H,8H2,1H3. The summed E-state index contributed by atoms with van der Waals surface area (Å²) in [5.74, 6) is 0.404. The number of nitriles is 1. The highest BCUT2D eigenvalue weighted by molar-refractivity contribution is 5.41. The van der Waals surface area contributed by atoms with Gasteiger partial charge in [-0.3, -0.25) is 0 Å². The number of benzene rings is 1. The van der Waals surface area contributed by atoms with Crippen LogP contribution in [0.2, 0.25) is 0 Å². The van der Waals surface area contributed by atoms with Crippen molar-refractivity contribution in [2.45, 2.75) is 6.54 Å². The Morgan fingerprint density at radius 3 is 2.67 bits per heavy atom. The van der Waals surface area contributed by atoms with Crippen molar-refractivity contribution in [2.24, 2.45) is 0 Å². The molecule has 0 aliphatic carbocycles. The molecule has 2 rings (SSSR count). The molecule has 0 radical (unpaired) electrons. The maximum absolute atomic E-state index is 12.8. The van der Waals surface area contributed by atoms with Gasteiger partial charge in [-0.25, -0.2) is 14.4 Å². The third-order valence-corrected chi connectivity index (χ3v) is 2.49. The highest BCUT2D eigenvalue weighted by Gasteiger charge is 2.05. The Labute approximate surface area is 104 Å². The van der Waals surface area contributed by atoms with Gasteiger partial charge in [-0.1, -0.05) is 12.1 Å². The van der Waals surface area contributed by atoms with Crippen LogP contribution in [0.25, 0.3) is 0 Å². The number of anilines is 1. The average molecular weight is 242 g/mol. The Balaban J connectivity index is 2.14. The molecule has 0 spiro atoms. The Morgan fingerprint density at radius 1 is 1.28 bits per heavy atom. The van der Waals surface area contributed by atoms with Crippen LogP contribution in [0.3, 0.4) is 0 Å². The van der Waals surface area contributed by atoms with Crippen molar-refractivity contribution >= 4 is 5.82 Å². The molecule has 0 aliphatic rings. The number of nitrogens with zero attached hydrogens (tertiary/aromatic N) is 4. The van der Waals surface area contributed by atoms with E-state index in [1.807, 2.05) is 18.0 Å². The van der Waals surface area contributed by atoms with Gasteiger partial charge in [-0.2, -0.15) is 5.26 Å². The lowest BCUT2D eigenvalue weighted by molar-refractivity contribution is 0.627. The molecule has 0 atom stereocenters. The predicted octanol–water partition coefficient (Wildman–Crippen LogP) is 2.12. The maximum Gasteiger partial charge on any atom is 0.145 e. The van der Waals surface area contributed by atoms with Crippen LogP contribution >= 0.6 is 0 Å². The third-order valence-electron chi connectivity index (χ3n) is 2.49. The number of halogens is 1. The van der Waals surface area contributed by atoms with Gasteiger partial charge in [0.15, 0.2) is 0 Å². The van der Waals surface area contributed by atoms with Crippen LogP contribution in [-0.4, -0.2) is 17.0 Å². The summed E-state index contributed by atoms with van der Waals surface area (Å²) in [5.41, 5.74) is 1.29. The zero-order valence-corrected chi connectivity index (χ0v) is 9.84. The smallest absolute Gasteiger partial charge is 0.145 e. The summed E-state index contributed by atoms with van der Waals surface area (Å²) < 4.78 is 12.8. The normalized spacial score (nSPS) is 9.83. The summed E-state index contributed by atoms with van der Waals surface area (Å²) in [6, 6.07) is 9.86. The molecule has 0 fully saturated rings. The molecule has 0 N–H and O–H groups in total. The number of hydrogen-bond acceptors (Lipinski definition) is 4. The Kier molecular flexibility index (Phi) is 3.49. The highest BCUT2D eigenvalue weighted by Crippen LogP contribution is 2.13. The first-order valence-corrected chi connectivity index (χ1v) is 5.37. The van der Waals surface area contributed by atoms with Gasteiger partial charge in [0.1, 0.15) is 29.7 Å². The molecular weight excluding hydrogens is 231 g/mol. The van der Waals surface area contributed by atoms with Gasteiger partial charge in [0.25, 0.3) is 0 Å². The molecule has 2 aromatic rings. The van der Waals surface area contributed by atoms with Crippen LogP contribution < -0.4 is 4.90 Å². The zero-order chi connectivity index (χ0) is 13.0. The highest BCUT2D eigenvalue weighted by atomic mass is 19.1. The SMILES string of the molecule is CN(Cc1ccc(F)cc1)c1cc(C#N)ncn1. The van der Waals surface area contributed by atoms with Gasteiger partial charge < -0.3 is 4.90 Å². The van der Waals surface area contributed by atoms with E-state index in [0.29, 0.717) is 18.1 Å². The second-order valence-corrected chi connectivity index (χ2v) is 3.86. The van der Waals surface area contributed by atoms with Gasteiger partial charge in [-0.05, 0) is 17.7 Å². The minimum atomic E-state index is -0.254. The van der Waals surface area contributed by atoms with Gasteiger partial charge in [0.2, 0.25) is 0 Å². The third kappa shape index (κ3) is 2.80. The predicted molar refractivity (Wildman–Crippen MR) is 65.3 cm³/mol. The molecule has 1 aromatic heterocycles. The van der Waals surface area contributed by atoms with E-state index in [9.17, 15) is 4.39 Å². The number of aromatic nitrogens is 2. The monoisotopic (exact) mass is 242 g/mol. The lowest BCUT2D eigenvalue weighted by atomic mass is 10.2. The quantitative estimate of drug-likeness (QED) is 0.827.